The number of carbonyl (C=O) groups is 1. The molecule has 0 atom stereocenters. The molecule has 0 bridgehead atoms. The highest BCUT2D eigenvalue weighted by molar-refractivity contribution is 8.00. The zero-order valence-corrected chi connectivity index (χ0v) is 18.3. The van der Waals surface area contributed by atoms with Gasteiger partial charge >= 0.3 is 0 Å². The molecule has 8 heteroatoms. The second-order valence-electron chi connectivity index (χ2n) is 6.35. The molecule has 1 heterocycles. The van der Waals surface area contributed by atoms with Gasteiger partial charge in [0.25, 0.3) is 5.22 Å². The van der Waals surface area contributed by atoms with Crippen LogP contribution < -0.4 is 10.1 Å². The fourth-order valence-corrected chi connectivity index (χ4v) is 4.19. The SMILES string of the molecule is COc1ccc(-c2nnc(SCC(=O)Nc3ccccc3Sc3ccccc3)o2)cc1. The summed E-state index contributed by atoms with van der Waals surface area (Å²) in [5, 5.41) is 11.4. The number of aromatic nitrogens is 2. The van der Waals surface area contributed by atoms with Crippen LogP contribution in [0.25, 0.3) is 11.5 Å². The lowest BCUT2D eigenvalue weighted by molar-refractivity contribution is -0.113. The van der Waals surface area contributed by atoms with Gasteiger partial charge in [0.1, 0.15) is 5.75 Å². The van der Waals surface area contributed by atoms with E-state index in [2.05, 4.69) is 15.5 Å². The van der Waals surface area contributed by atoms with Gasteiger partial charge in [-0.15, -0.1) is 10.2 Å². The number of carbonyl (C=O) groups excluding carboxylic acids is 1. The molecule has 4 rings (SSSR count). The van der Waals surface area contributed by atoms with Crippen molar-refractivity contribution in [3.63, 3.8) is 0 Å². The molecule has 0 aliphatic rings. The summed E-state index contributed by atoms with van der Waals surface area (Å²) < 4.78 is 10.8. The summed E-state index contributed by atoms with van der Waals surface area (Å²) in [6.45, 7) is 0. The summed E-state index contributed by atoms with van der Waals surface area (Å²) >= 11 is 2.80. The summed E-state index contributed by atoms with van der Waals surface area (Å²) in [6, 6.07) is 25.1. The Kier molecular flexibility index (Phi) is 6.91. The Labute approximate surface area is 188 Å². The molecule has 3 aromatic carbocycles. The van der Waals surface area contributed by atoms with Crippen LogP contribution in [0, 0.1) is 0 Å². The number of methoxy groups -OCH3 is 1. The monoisotopic (exact) mass is 449 g/mol. The van der Waals surface area contributed by atoms with Crippen molar-refractivity contribution in [2.45, 2.75) is 15.0 Å². The van der Waals surface area contributed by atoms with E-state index in [1.165, 1.54) is 11.8 Å². The molecule has 1 N–H and O–H groups in total. The number of benzene rings is 3. The average Bonchev–Trinajstić information content (AvgIpc) is 3.29. The zero-order chi connectivity index (χ0) is 21.5. The van der Waals surface area contributed by atoms with Crippen LogP contribution in [0.3, 0.4) is 0 Å². The molecule has 0 saturated carbocycles. The second-order valence-corrected chi connectivity index (χ2v) is 8.39. The topological polar surface area (TPSA) is 77.2 Å². The Morgan fingerprint density at radius 2 is 1.71 bits per heavy atom. The van der Waals surface area contributed by atoms with Crippen LogP contribution in [-0.2, 0) is 4.79 Å². The van der Waals surface area contributed by atoms with Crippen LogP contribution in [0.5, 0.6) is 5.75 Å². The smallest absolute Gasteiger partial charge is 0.277 e. The van der Waals surface area contributed by atoms with Crippen molar-refractivity contribution in [1.82, 2.24) is 10.2 Å². The molecule has 31 heavy (non-hydrogen) atoms. The maximum atomic E-state index is 12.5. The first kappa shape index (κ1) is 21.0. The van der Waals surface area contributed by atoms with Gasteiger partial charge in [-0.05, 0) is 48.5 Å². The van der Waals surface area contributed by atoms with Crippen LogP contribution in [0.2, 0.25) is 0 Å². The third-order valence-electron chi connectivity index (χ3n) is 4.20. The highest BCUT2D eigenvalue weighted by Crippen LogP contribution is 2.33. The van der Waals surface area contributed by atoms with E-state index in [4.69, 9.17) is 9.15 Å². The van der Waals surface area contributed by atoms with Crippen molar-refractivity contribution < 1.29 is 13.9 Å². The first-order valence-corrected chi connectivity index (χ1v) is 11.2. The van der Waals surface area contributed by atoms with E-state index in [1.807, 2.05) is 78.9 Å². The van der Waals surface area contributed by atoms with Gasteiger partial charge in [-0.3, -0.25) is 4.79 Å². The number of hydrogen-bond acceptors (Lipinski definition) is 7. The highest BCUT2D eigenvalue weighted by Gasteiger charge is 2.13. The quantitative estimate of drug-likeness (QED) is 0.349. The van der Waals surface area contributed by atoms with Crippen molar-refractivity contribution in [3.8, 4) is 17.2 Å². The highest BCUT2D eigenvalue weighted by atomic mass is 32.2. The van der Waals surface area contributed by atoms with E-state index in [9.17, 15) is 4.79 Å². The first-order chi connectivity index (χ1) is 15.2. The fourth-order valence-electron chi connectivity index (χ4n) is 2.71. The summed E-state index contributed by atoms with van der Waals surface area (Å²) in [4.78, 5) is 14.6. The Hall–Kier alpha value is -3.23. The number of thioether (sulfide) groups is 1. The molecule has 0 saturated heterocycles. The molecule has 156 valence electrons. The van der Waals surface area contributed by atoms with Gasteiger partial charge in [-0.1, -0.05) is 53.9 Å². The number of hydrogen-bond donors (Lipinski definition) is 1. The summed E-state index contributed by atoms with van der Waals surface area (Å²) in [7, 11) is 1.61. The van der Waals surface area contributed by atoms with E-state index in [-0.39, 0.29) is 11.7 Å². The fraction of sp³-hybridized carbons (Fsp3) is 0.0870. The Morgan fingerprint density at radius 3 is 2.48 bits per heavy atom. The Morgan fingerprint density at radius 1 is 0.968 bits per heavy atom. The van der Waals surface area contributed by atoms with E-state index in [1.54, 1.807) is 18.9 Å². The molecular formula is C23H19N3O3S2. The van der Waals surface area contributed by atoms with Crippen LogP contribution in [0.4, 0.5) is 5.69 Å². The standard InChI is InChI=1S/C23H19N3O3S2/c1-28-17-13-11-16(12-14-17)22-25-26-23(29-22)30-15-21(27)24-19-9-5-6-10-20(19)31-18-7-3-2-4-8-18/h2-14H,15H2,1H3,(H,24,27). The lowest BCUT2D eigenvalue weighted by Gasteiger charge is -2.10. The van der Waals surface area contributed by atoms with E-state index in [0.717, 1.165) is 26.8 Å². The number of rotatable bonds is 8. The van der Waals surface area contributed by atoms with Crippen molar-refractivity contribution in [1.29, 1.82) is 0 Å². The minimum Gasteiger partial charge on any atom is -0.497 e. The van der Waals surface area contributed by atoms with E-state index in [0.29, 0.717) is 11.1 Å². The molecule has 0 aliphatic carbocycles. The summed E-state index contributed by atoms with van der Waals surface area (Å²) in [6.07, 6.45) is 0. The number of amides is 1. The Bertz CT molecular complexity index is 1150. The third kappa shape index (κ3) is 5.68. The van der Waals surface area contributed by atoms with Gasteiger partial charge in [0.15, 0.2) is 0 Å². The van der Waals surface area contributed by atoms with Gasteiger partial charge in [-0.2, -0.15) is 0 Å². The zero-order valence-electron chi connectivity index (χ0n) is 16.6. The number of ether oxygens (including phenoxy) is 1. The molecule has 0 fully saturated rings. The molecule has 1 amide bonds. The molecule has 0 unspecified atom stereocenters. The van der Waals surface area contributed by atoms with Crippen LogP contribution >= 0.6 is 23.5 Å². The molecule has 0 radical (unpaired) electrons. The van der Waals surface area contributed by atoms with Gasteiger partial charge in [0.2, 0.25) is 11.8 Å². The van der Waals surface area contributed by atoms with Gasteiger partial charge in [0, 0.05) is 15.4 Å². The van der Waals surface area contributed by atoms with Crippen LogP contribution in [-0.4, -0.2) is 29.0 Å². The minimum atomic E-state index is -0.143. The predicted molar refractivity (Wildman–Crippen MR) is 123 cm³/mol. The molecule has 0 spiro atoms. The van der Waals surface area contributed by atoms with Crippen molar-refractivity contribution in [2.75, 3.05) is 18.2 Å². The Balaban J connectivity index is 1.35. The van der Waals surface area contributed by atoms with Crippen molar-refractivity contribution >= 4 is 35.1 Å². The van der Waals surface area contributed by atoms with Gasteiger partial charge in [-0.25, -0.2) is 0 Å². The molecule has 4 aromatic rings. The van der Waals surface area contributed by atoms with E-state index < -0.39 is 0 Å². The molecule has 1 aromatic heterocycles. The van der Waals surface area contributed by atoms with Crippen molar-refractivity contribution in [3.05, 3.63) is 78.9 Å². The first-order valence-electron chi connectivity index (χ1n) is 9.44. The maximum Gasteiger partial charge on any atom is 0.277 e. The number of para-hydroxylation sites is 1. The third-order valence-corrected chi connectivity index (χ3v) is 6.10. The second kappa shape index (κ2) is 10.2. The molecular weight excluding hydrogens is 430 g/mol. The number of anilines is 1. The van der Waals surface area contributed by atoms with Crippen LogP contribution in [0.15, 0.2) is 98.3 Å². The predicted octanol–water partition coefficient (Wildman–Crippen LogP) is 5.63. The molecule has 6 nitrogen and oxygen atoms in total. The lowest BCUT2D eigenvalue weighted by Crippen LogP contribution is -2.14. The largest absolute Gasteiger partial charge is 0.497 e. The maximum absolute atomic E-state index is 12.5. The number of nitrogens with zero attached hydrogens (tertiary/aromatic N) is 2. The van der Waals surface area contributed by atoms with Gasteiger partial charge in [0.05, 0.1) is 18.6 Å². The van der Waals surface area contributed by atoms with E-state index >= 15 is 0 Å². The normalized spacial score (nSPS) is 10.6. The van der Waals surface area contributed by atoms with Gasteiger partial charge < -0.3 is 14.5 Å². The average molecular weight is 450 g/mol. The summed E-state index contributed by atoms with van der Waals surface area (Å²) in [5.74, 6) is 1.17. The van der Waals surface area contributed by atoms with Crippen LogP contribution in [0.1, 0.15) is 0 Å². The number of nitrogens with one attached hydrogen (secondary N) is 1. The molecule has 0 aliphatic heterocycles. The minimum absolute atomic E-state index is 0.143. The lowest BCUT2D eigenvalue weighted by atomic mass is 10.2. The summed E-state index contributed by atoms with van der Waals surface area (Å²) in [5.41, 5.74) is 1.56. The van der Waals surface area contributed by atoms with Crippen molar-refractivity contribution in [2.24, 2.45) is 0 Å².